The first-order chi connectivity index (χ1) is 18.2. The Hall–Kier alpha value is -5.00. The van der Waals surface area contributed by atoms with Crippen LogP contribution in [0.4, 0.5) is 28.9 Å². The third-order valence-corrected chi connectivity index (χ3v) is 4.83. The summed E-state index contributed by atoms with van der Waals surface area (Å²) in [5.74, 6) is -5.21. The lowest BCUT2D eigenvalue weighted by molar-refractivity contribution is -0.390. The second kappa shape index (κ2) is 12.8. The molecule has 0 saturated heterocycles. The van der Waals surface area contributed by atoms with Crippen LogP contribution in [0.1, 0.15) is 11.1 Å². The van der Waals surface area contributed by atoms with Gasteiger partial charge in [-0.25, -0.2) is 8.78 Å². The molecule has 38 heavy (non-hydrogen) atoms. The second-order valence-corrected chi connectivity index (χ2v) is 7.53. The Morgan fingerprint density at radius 2 is 0.947 bits per heavy atom. The lowest BCUT2D eigenvalue weighted by Crippen LogP contribution is -2.04. The Morgan fingerprint density at radius 1 is 0.579 bits per heavy atom. The highest BCUT2D eigenvalue weighted by Gasteiger charge is 2.25. The zero-order chi connectivity index (χ0) is 27.7. The van der Waals surface area contributed by atoms with Crippen molar-refractivity contribution in [1.29, 1.82) is 0 Å². The molecule has 8 nitrogen and oxygen atoms in total. The van der Waals surface area contributed by atoms with E-state index in [1.54, 1.807) is 0 Å². The molecule has 0 heterocycles. The van der Waals surface area contributed by atoms with Crippen molar-refractivity contribution in [1.82, 2.24) is 0 Å². The molecule has 0 bridgehead atoms. The first-order valence-corrected chi connectivity index (χ1v) is 10.8. The highest BCUT2D eigenvalue weighted by Crippen LogP contribution is 2.38. The van der Waals surface area contributed by atoms with Crippen LogP contribution in [0.5, 0.6) is 11.5 Å². The quantitative estimate of drug-likeness (QED) is 0.139. The van der Waals surface area contributed by atoms with Crippen molar-refractivity contribution in [3.8, 4) is 11.5 Å². The van der Waals surface area contributed by atoms with Gasteiger partial charge in [0, 0.05) is 24.3 Å². The van der Waals surface area contributed by atoms with E-state index in [2.05, 4.69) is 0 Å². The number of halogens is 4. The predicted molar refractivity (Wildman–Crippen MR) is 128 cm³/mol. The van der Waals surface area contributed by atoms with Gasteiger partial charge in [0.2, 0.25) is 23.1 Å². The molecule has 4 aromatic carbocycles. The standard InChI is InChI=1S/C20H16FNO4.C6H2F3NO2/c21-17-11-18(25-13-15-7-3-1-4-8-15)20(22(23)24)19(12-17)26-14-16-9-5-2-6-10-16;7-3-1-4(8)6(10(11)12)5(9)2-3/h1-12H,13-14H2;1-2H. The summed E-state index contributed by atoms with van der Waals surface area (Å²) in [5, 5.41) is 21.5. The zero-order valence-electron chi connectivity index (χ0n) is 19.4. The number of rotatable bonds is 8. The van der Waals surface area contributed by atoms with Gasteiger partial charge < -0.3 is 9.47 Å². The van der Waals surface area contributed by atoms with E-state index in [9.17, 15) is 37.8 Å². The van der Waals surface area contributed by atoms with Gasteiger partial charge in [-0.15, -0.1) is 0 Å². The van der Waals surface area contributed by atoms with E-state index in [4.69, 9.17) is 9.47 Å². The lowest BCUT2D eigenvalue weighted by atomic mass is 10.2. The Morgan fingerprint density at radius 3 is 1.32 bits per heavy atom. The van der Waals surface area contributed by atoms with E-state index < -0.39 is 44.5 Å². The minimum absolute atomic E-state index is 0.0866. The number of hydrogen-bond acceptors (Lipinski definition) is 6. The Balaban J connectivity index is 0.000000279. The summed E-state index contributed by atoms with van der Waals surface area (Å²) < 4.78 is 62.0. The molecular weight excluding hydrogens is 512 g/mol. The summed E-state index contributed by atoms with van der Waals surface area (Å²) in [6.07, 6.45) is 0. The minimum atomic E-state index is -1.52. The average Bonchev–Trinajstić information content (AvgIpc) is 2.86. The molecule has 0 aromatic heterocycles. The van der Waals surface area contributed by atoms with Gasteiger partial charge in [-0.1, -0.05) is 60.7 Å². The molecule has 4 aromatic rings. The van der Waals surface area contributed by atoms with Crippen LogP contribution in [-0.4, -0.2) is 9.85 Å². The molecule has 196 valence electrons. The molecule has 0 N–H and O–H groups in total. The zero-order valence-corrected chi connectivity index (χ0v) is 19.4. The van der Waals surface area contributed by atoms with Crippen LogP contribution in [0.15, 0.2) is 84.9 Å². The third kappa shape index (κ3) is 7.50. The van der Waals surface area contributed by atoms with Crippen LogP contribution in [0.3, 0.4) is 0 Å². The van der Waals surface area contributed by atoms with Crippen LogP contribution in [-0.2, 0) is 13.2 Å². The van der Waals surface area contributed by atoms with E-state index in [0.717, 1.165) is 23.3 Å². The summed E-state index contributed by atoms with van der Waals surface area (Å²) >= 11 is 0. The second-order valence-electron chi connectivity index (χ2n) is 7.53. The van der Waals surface area contributed by atoms with Gasteiger partial charge in [0.1, 0.15) is 24.8 Å². The summed E-state index contributed by atoms with van der Waals surface area (Å²) in [5.41, 5.74) is -0.0923. The largest absolute Gasteiger partial charge is 0.482 e. The first kappa shape index (κ1) is 27.6. The molecule has 12 heteroatoms. The fraction of sp³-hybridized carbons (Fsp3) is 0.0769. The molecular formula is C26H18F4N2O6. The maximum absolute atomic E-state index is 13.9. The number of nitro benzene ring substituents is 2. The van der Waals surface area contributed by atoms with Crippen molar-refractivity contribution in [3.05, 3.63) is 140 Å². The minimum Gasteiger partial charge on any atom is -0.482 e. The molecule has 0 amide bonds. The van der Waals surface area contributed by atoms with E-state index in [0.29, 0.717) is 0 Å². The van der Waals surface area contributed by atoms with Gasteiger partial charge in [0.05, 0.1) is 9.85 Å². The molecule has 0 fully saturated rings. The van der Waals surface area contributed by atoms with E-state index >= 15 is 0 Å². The van der Waals surface area contributed by atoms with Gasteiger partial charge in [0.15, 0.2) is 0 Å². The Bertz CT molecular complexity index is 1330. The van der Waals surface area contributed by atoms with E-state index in [-0.39, 0.29) is 36.8 Å². The van der Waals surface area contributed by atoms with Crippen molar-refractivity contribution in [3.63, 3.8) is 0 Å². The average molecular weight is 530 g/mol. The van der Waals surface area contributed by atoms with Crippen molar-refractivity contribution < 1.29 is 36.9 Å². The van der Waals surface area contributed by atoms with Crippen molar-refractivity contribution in [2.24, 2.45) is 0 Å². The fourth-order valence-electron chi connectivity index (χ4n) is 3.13. The summed E-state index contributed by atoms with van der Waals surface area (Å²) in [6.45, 7) is 0.173. The predicted octanol–water partition coefficient (Wildman–Crippen LogP) is 6.90. The SMILES string of the molecule is O=[N+]([O-])c1c(F)cc(F)cc1F.O=[N+]([O-])c1c(OCc2ccccc2)cc(F)cc1OCc1ccccc1. The van der Waals surface area contributed by atoms with E-state index in [1.165, 1.54) is 0 Å². The van der Waals surface area contributed by atoms with Gasteiger partial charge in [-0.3, -0.25) is 20.2 Å². The smallest absolute Gasteiger partial charge is 0.352 e. The van der Waals surface area contributed by atoms with E-state index in [1.807, 2.05) is 60.7 Å². The Labute approximate surface area is 213 Å². The Kier molecular flexibility index (Phi) is 9.30. The summed E-state index contributed by atoms with van der Waals surface area (Å²) in [7, 11) is 0. The van der Waals surface area contributed by atoms with Crippen LogP contribution in [0.25, 0.3) is 0 Å². The van der Waals surface area contributed by atoms with Crippen LogP contribution >= 0.6 is 0 Å². The topological polar surface area (TPSA) is 105 Å². The van der Waals surface area contributed by atoms with Crippen LogP contribution in [0.2, 0.25) is 0 Å². The number of nitrogens with zero attached hydrogens (tertiary/aromatic N) is 2. The van der Waals surface area contributed by atoms with Crippen molar-refractivity contribution >= 4 is 11.4 Å². The third-order valence-electron chi connectivity index (χ3n) is 4.83. The molecule has 0 atom stereocenters. The molecule has 0 spiro atoms. The molecule has 0 aliphatic heterocycles. The monoisotopic (exact) mass is 530 g/mol. The number of nitro groups is 2. The van der Waals surface area contributed by atoms with Crippen molar-refractivity contribution in [2.45, 2.75) is 13.2 Å². The van der Waals surface area contributed by atoms with Crippen LogP contribution < -0.4 is 9.47 Å². The van der Waals surface area contributed by atoms with Gasteiger partial charge in [-0.2, -0.15) is 8.78 Å². The highest BCUT2D eigenvalue weighted by atomic mass is 19.1. The normalized spacial score (nSPS) is 10.2. The summed E-state index contributed by atoms with van der Waals surface area (Å²) in [6, 6.07) is 20.8. The molecule has 0 aliphatic rings. The number of benzene rings is 4. The molecule has 0 aliphatic carbocycles. The maximum Gasteiger partial charge on any atom is 0.352 e. The fourth-order valence-corrected chi connectivity index (χ4v) is 3.13. The lowest BCUT2D eigenvalue weighted by Gasteiger charge is -2.11. The summed E-state index contributed by atoms with van der Waals surface area (Å²) in [4.78, 5) is 19.6. The highest BCUT2D eigenvalue weighted by molar-refractivity contribution is 5.57. The molecule has 0 unspecified atom stereocenters. The first-order valence-electron chi connectivity index (χ1n) is 10.8. The molecule has 0 saturated carbocycles. The number of ether oxygens (including phenoxy) is 2. The van der Waals surface area contributed by atoms with Gasteiger partial charge >= 0.3 is 11.4 Å². The molecule has 4 rings (SSSR count). The molecule has 0 radical (unpaired) electrons. The van der Waals surface area contributed by atoms with Crippen LogP contribution in [0, 0.1) is 43.5 Å². The van der Waals surface area contributed by atoms with Gasteiger partial charge in [0.25, 0.3) is 0 Å². The maximum atomic E-state index is 13.9. The van der Waals surface area contributed by atoms with Gasteiger partial charge in [-0.05, 0) is 11.1 Å². The number of hydrogen-bond donors (Lipinski definition) is 0. The van der Waals surface area contributed by atoms with Crippen molar-refractivity contribution in [2.75, 3.05) is 0 Å².